The zero-order valence-electron chi connectivity index (χ0n) is 11.0. The first-order valence-electron chi connectivity index (χ1n) is 7.25. The van der Waals surface area contributed by atoms with E-state index in [1.54, 1.807) is 0 Å². The minimum absolute atomic E-state index is 0.775. The molecule has 0 radical (unpaired) electrons. The lowest BCUT2D eigenvalue weighted by Crippen LogP contribution is -2.48. The molecule has 1 heterocycles. The molecule has 2 aliphatic rings. The Morgan fingerprint density at radius 2 is 2.06 bits per heavy atom. The van der Waals surface area contributed by atoms with E-state index in [1.165, 1.54) is 58.3 Å². The molecule has 2 heteroatoms. The SMILES string of the molecule is CCCNC1CCN(CCC2CC2)CC1C. The molecular weight excluding hydrogens is 196 g/mol. The summed E-state index contributed by atoms with van der Waals surface area (Å²) in [5.41, 5.74) is 0. The first-order valence-corrected chi connectivity index (χ1v) is 7.25. The van der Waals surface area contributed by atoms with Gasteiger partial charge in [0.25, 0.3) is 0 Å². The van der Waals surface area contributed by atoms with Crippen molar-refractivity contribution in [3.8, 4) is 0 Å². The van der Waals surface area contributed by atoms with E-state index >= 15 is 0 Å². The van der Waals surface area contributed by atoms with E-state index in [-0.39, 0.29) is 0 Å². The molecule has 2 fully saturated rings. The summed E-state index contributed by atoms with van der Waals surface area (Å²) in [5, 5.41) is 3.69. The zero-order chi connectivity index (χ0) is 11.4. The molecule has 1 saturated carbocycles. The maximum Gasteiger partial charge on any atom is 0.0117 e. The molecule has 2 atom stereocenters. The van der Waals surface area contributed by atoms with Gasteiger partial charge in [0.2, 0.25) is 0 Å². The van der Waals surface area contributed by atoms with E-state index in [0.717, 1.165) is 17.9 Å². The monoisotopic (exact) mass is 224 g/mol. The summed E-state index contributed by atoms with van der Waals surface area (Å²) in [7, 11) is 0. The molecular formula is C14H28N2. The van der Waals surface area contributed by atoms with Gasteiger partial charge in [-0.2, -0.15) is 0 Å². The summed E-state index contributed by atoms with van der Waals surface area (Å²) in [5.74, 6) is 1.92. The summed E-state index contributed by atoms with van der Waals surface area (Å²) < 4.78 is 0. The highest BCUT2D eigenvalue weighted by Crippen LogP contribution is 2.32. The zero-order valence-corrected chi connectivity index (χ0v) is 11.0. The van der Waals surface area contributed by atoms with Gasteiger partial charge >= 0.3 is 0 Å². The Hall–Kier alpha value is -0.0800. The average molecular weight is 224 g/mol. The molecule has 2 rings (SSSR count). The fraction of sp³-hybridized carbons (Fsp3) is 1.00. The van der Waals surface area contributed by atoms with Gasteiger partial charge in [-0.25, -0.2) is 0 Å². The van der Waals surface area contributed by atoms with Gasteiger partial charge in [-0.05, 0) is 50.7 Å². The number of hydrogen-bond donors (Lipinski definition) is 1. The Morgan fingerprint density at radius 3 is 2.69 bits per heavy atom. The fourth-order valence-electron chi connectivity index (χ4n) is 2.84. The van der Waals surface area contributed by atoms with Gasteiger partial charge < -0.3 is 10.2 Å². The van der Waals surface area contributed by atoms with Gasteiger partial charge in [0.1, 0.15) is 0 Å². The Bertz CT molecular complexity index is 201. The highest BCUT2D eigenvalue weighted by atomic mass is 15.1. The van der Waals surface area contributed by atoms with Crippen LogP contribution in [0.1, 0.15) is 46.0 Å². The largest absolute Gasteiger partial charge is 0.314 e. The summed E-state index contributed by atoms with van der Waals surface area (Å²) in [4.78, 5) is 2.69. The fourth-order valence-corrected chi connectivity index (χ4v) is 2.84. The van der Waals surface area contributed by atoms with Crippen molar-refractivity contribution >= 4 is 0 Å². The highest BCUT2D eigenvalue weighted by Gasteiger charge is 2.27. The number of piperidine rings is 1. The standard InChI is InChI=1S/C14H28N2/c1-3-8-15-14-7-10-16(11-12(14)2)9-6-13-4-5-13/h12-15H,3-11H2,1-2H3. The summed E-state index contributed by atoms with van der Waals surface area (Å²) in [6.07, 6.45) is 7.08. The van der Waals surface area contributed by atoms with Gasteiger partial charge in [0.05, 0.1) is 0 Å². The number of hydrogen-bond acceptors (Lipinski definition) is 2. The maximum absolute atomic E-state index is 3.69. The topological polar surface area (TPSA) is 15.3 Å². The minimum atomic E-state index is 0.775. The number of rotatable bonds is 6. The summed E-state index contributed by atoms with van der Waals surface area (Å²) in [6.45, 7) is 9.85. The molecule has 0 aromatic rings. The average Bonchev–Trinajstić information content (AvgIpc) is 3.09. The third-order valence-electron chi connectivity index (χ3n) is 4.20. The normalized spacial score (nSPS) is 31.9. The van der Waals surface area contributed by atoms with Gasteiger partial charge in [-0.1, -0.05) is 26.7 Å². The molecule has 2 unspecified atom stereocenters. The maximum atomic E-state index is 3.69. The number of likely N-dealkylation sites (tertiary alicyclic amines) is 1. The number of nitrogens with one attached hydrogen (secondary N) is 1. The molecule has 1 N–H and O–H groups in total. The Labute approximate surface area is 101 Å². The third kappa shape index (κ3) is 3.74. The van der Waals surface area contributed by atoms with Crippen molar-refractivity contribution in [2.75, 3.05) is 26.2 Å². The van der Waals surface area contributed by atoms with Crippen LogP contribution in [-0.2, 0) is 0 Å². The molecule has 0 bridgehead atoms. The second kappa shape index (κ2) is 6.02. The van der Waals surface area contributed by atoms with Crippen LogP contribution in [0.4, 0.5) is 0 Å². The first kappa shape index (κ1) is 12.4. The van der Waals surface area contributed by atoms with E-state index in [2.05, 4.69) is 24.1 Å². The van der Waals surface area contributed by atoms with Gasteiger partial charge in [0, 0.05) is 12.6 Å². The van der Waals surface area contributed by atoms with Crippen LogP contribution in [0.25, 0.3) is 0 Å². The van der Waals surface area contributed by atoms with Crippen molar-refractivity contribution < 1.29 is 0 Å². The van der Waals surface area contributed by atoms with Crippen molar-refractivity contribution in [2.24, 2.45) is 11.8 Å². The molecule has 0 spiro atoms. The molecule has 1 saturated heterocycles. The second-order valence-electron chi connectivity index (χ2n) is 5.86. The highest BCUT2D eigenvalue weighted by molar-refractivity contribution is 4.84. The van der Waals surface area contributed by atoms with Crippen LogP contribution in [0.2, 0.25) is 0 Å². The van der Waals surface area contributed by atoms with Crippen LogP contribution in [0.5, 0.6) is 0 Å². The van der Waals surface area contributed by atoms with Crippen LogP contribution < -0.4 is 5.32 Å². The van der Waals surface area contributed by atoms with E-state index in [4.69, 9.17) is 0 Å². The van der Waals surface area contributed by atoms with Gasteiger partial charge in [-0.3, -0.25) is 0 Å². The third-order valence-corrected chi connectivity index (χ3v) is 4.20. The lowest BCUT2D eigenvalue weighted by atomic mass is 9.93. The van der Waals surface area contributed by atoms with Crippen LogP contribution in [0.15, 0.2) is 0 Å². The lowest BCUT2D eigenvalue weighted by Gasteiger charge is -2.37. The van der Waals surface area contributed by atoms with E-state index in [9.17, 15) is 0 Å². The second-order valence-corrected chi connectivity index (χ2v) is 5.86. The minimum Gasteiger partial charge on any atom is -0.314 e. The molecule has 1 aliphatic heterocycles. The Kier molecular flexibility index (Phi) is 4.66. The van der Waals surface area contributed by atoms with Crippen LogP contribution in [0, 0.1) is 11.8 Å². The van der Waals surface area contributed by atoms with Crippen molar-refractivity contribution in [3.63, 3.8) is 0 Å². The predicted octanol–water partition coefficient (Wildman–Crippen LogP) is 2.50. The Morgan fingerprint density at radius 1 is 1.25 bits per heavy atom. The molecule has 0 aromatic heterocycles. The van der Waals surface area contributed by atoms with Crippen molar-refractivity contribution in [1.82, 2.24) is 10.2 Å². The molecule has 94 valence electrons. The van der Waals surface area contributed by atoms with Crippen LogP contribution >= 0.6 is 0 Å². The molecule has 0 aromatic carbocycles. The molecule has 0 amide bonds. The summed E-state index contributed by atoms with van der Waals surface area (Å²) in [6, 6.07) is 0.775. The molecule has 2 nitrogen and oxygen atoms in total. The first-order chi connectivity index (χ1) is 7.79. The van der Waals surface area contributed by atoms with Crippen LogP contribution in [0.3, 0.4) is 0 Å². The smallest absolute Gasteiger partial charge is 0.0117 e. The van der Waals surface area contributed by atoms with Gasteiger partial charge in [0.15, 0.2) is 0 Å². The number of nitrogens with zero attached hydrogens (tertiary/aromatic N) is 1. The molecule has 1 aliphatic carbocycles. The quantitative estimate of drug-likeness (QED) is 0.746. The summed E-state index contributed by atoms with van der Waals surface area (Å²) >= 11 is 0. The van der Waals surface area contributed by atoms with Crippen molar-refractivity contribution in [3.05, 3.63) is 0 Å². The van der Waals surface area contributed by atoms with Crippen LogP contribution in [-0.4, -0.2) is 37.1 Å². The van der Waals surface area contributed by atoms with E-state index < -0.39 is 0 Å². The van der Waals surface area contributed by atoms with E-state index in [1.807, 2.05) is 0 Å². The van der Waals surface area contributed by atoms with E-state index in [0.29, 0.717) is 0 Å². The Balaban J connectivity index is 1.64. The molecule has 16 heavy (non-hydrogen) atoms. The van der Waals surface area contributed by atoms with Crippen molar-refractivity contribution in [2.45, 2.75) is 52.0 Å². The predicted molar refractivity (Wildman–Crippen MR) is 69.6 cm³/mol. The van der Waals surface area contributed by atoms with Gasteiger partial charge in [-0.15, -0.1) is 0 Å². The lowest BCUT2D eigenvalue weighted by molar-refractivity contribution is 0.144. The van der Waals surface area contributed by atoms with Crippen molar-refractivity contribution in [1.29, 1.82) is 0 Å².